The van der Waals surface area contributed by atoms with Gasteiger partial charge >= 0.3 is 0 Å². The average Bonchev–Trinajstić information content (AvgIpc) is 2.87. The molecule has 0 unspecified atom stereocenters. The van der Waals surface area contributed by atoms with Crippen molar-refractivity contribution in [1.29, 1.82) is 0 Å². The first-order chi connectivity index (χ1) is 10.1. The van der Waals surface area contributed by atoms with E-state index < -0.39 is 23.1 Å². The smallest absolute Gasteiger partial charge is 0.190 e. The van der Waals surface area contributed by atoms with E-state index in [0.29, 0.717) is 0 Å². The Morgan fingerprint density at radius 2 is 1.67 bits per heavy atom. The summed E-state index contributed by atoms with van der Waals surface area (Å²) >= 11 is 0. The molecule has 0 saturated heterocycles. The van der Waals surface area contributed by atoms with E-state index in [1.807, 2.05) is 0 Å². The summed E-state index contributed by atoms with van der Waals surface area (Å²) < 4.78 is 42.3. The molecule has 3 aromatic rings. The molecule has 5 nitrogen and oxygen atoms in total. The third-order valence-corrected chi connectivity index (χ3v) is 2.85. The molecule has 1 aromatic heterocycles. The highest BCUT2D eigenvalue weighted by Gasteiger charge is 2.20. The number of hydrogen-bond acceptors (Lipinski definition) is 4. The minimum atomic E-state index is -0.862. The van der Waals surface area contributed by atoms with E-state index in [1.54, 1.807) is 0 Å². The van der Waals surface area contributed by atoms with Crippen molar-refractivity contribution >= 4 is 5.69 Å². The fourth-order valence-electron chi connectivity index (χ4n) is 1.91. The molecule has 2 aromatic carbocycles. The summed E-state index contributed by atoms with van der Waals surface area (Å²) in [4.78, 5) is 0. The lowest BCUT2D eigenvalue weighted by atomic mass is 10.1. The van der Waals surface area contributed by atoms with E-state index in [4.69, 9.17) is 5.73 Å². The van der Waals surface area contributed by atoms with Crippen LogP contribution in [-0.2, 0) is 0 Å². The first-order valence-electron chi connectivity index (χ1n) is 5.86. The topological polar surface area (TPSA) is 69.6 Å². The van der Waals surface area contributed by atoms with Crippen molar-refractivity contribution in [2.45, 2.75) is 0 Å². The molecular formula is C13H8F3N5. The van der Waals surface area contributed by atoms with Crippen molar-refractivity contribution in [3.05, 3.63) is 53.8 Å². The number of hydrogen-bond donors (Lipinski definition) is 1. The Kier molecular flexibility index (Phi) is 3.05. The Bertz CT molecular complexity index is 795. The molecule has 8 heteroatoms. The van der Waals surface area contributed by atoms with E-state index in [2.05, 4.69) is 15.5 Å². The molecule has 2 N–H and O–H groups in total. The van der Waals surface area contributed by atoms with Crippen LogP contribution < -0.4 is 5.73 Å². The third kappa shape index (κ3) is 2.20. The Morgan fingerprint density at radius 3 is 2.33 bits per heavy atom. The second kappa shape index (κ2) is 4.89. The molecule has 0 amide bonds. The fraction of sp³-hybridized carbons (Fsp3) is 0. The lowest BCUT2D eigenvalue weighted by Gasteiger charge is -2.07. The van der Waals surface area contributed by atoms with Gasteiger partial charge in [0.1, 0.15) is 11.5 Å². The molecule has 0 fully saturated rings. The van der Waals surface area contributed by atoms with Crippen LogP contribution in [0.3, 0.4) is 0 Å². The number of para-hydroxylation sites is 1. The van der Waals surface area contributed by atoms with E-state index >= 15 is 0 Å². The van der Waals surface area contributed by atoms with Crippen molar-refractivity contribution < 1.29 is 13.2 Å². The molecule has 0 aliphatic carbocycles. The second-order valence-corrected chi connectivity index (χ2v) is 4.22. The van der Waals surface area contributed by atoms with Crippen molar-refractivity contribution in [2.24, 2.45) is 0 Å². The van der Waals surface area contributed by atoms with Crippen LogP contribution in [0.15, 0.2) is 36.4 Å². The van der Waals surface area contributed by atoms with Crippen LogP contribution in [0.1, 0.15) is 0 Å². The highest BCUT2D eigenvalue weighted by atomic mass is 19.1. The first kappa shape index (κ1) is 13.1. The van der Waals surface area contributed by atoms with E-state index in [-0.39, 0.29) is 17.1 Å². The number of benzene rings is 2. The minimum Gasteiger partial charge on any atom is -0.399 e. The SMILES string of the molecule is Nc1ccc(-c2nnnn2-c2c(F)cccc2F)c(F)c1. The zero-order valence-electron chi connectivity index (χ0n) is 10.5. The summed E-state index contributed by atoms with van der Waals surface area (Å²) in [6, 6.07) is 7.18. The maximum Gasteiger partial charge on any atom is 0.190 e. The van der Waals surface area contributed by atoms with Crippen molar-refractivity contribution in [2.75, 3.05) is 5.73 Å². The Balaban J connectivity index is 2.22. The molecule has 0 aliphatic heterocycles. The molecule has 21 heavy (non-hydrogen) atoms. The van der Waals surface area contributed by atoms with Gasteiger partial charge in [-0.25, -0.2) is 13.2 Å². The number of anilines is 1. The maximum atomic E-state index is 13.9. The number of nitrogen functional groups attached to an aromatic ring is 1. The summed E-state index contributed by atoms with van der Waals surface area (Å²) in [5.41, 5.74) is 5.18. The lowest BCUT2D eigenvalue weighted by Crippen LogP contribution is -2.06. The minimum absolute atomic E-state index is 0.0168. The van der Waals surface area contributed by atoms with Gasteiger partial charge < -0.3 is 5.73 Å². The molecular weight excluding hydrogens is 283 g/mol. The molecule has 1 heterocycles. The van der Waals surface area contributed by atoms with Gasteiger partial charge in [-0.1, -0.05) is 6.07 Å². The van der Waals surface area contributed by atoms with Gasteiger partial charge in [0, 0.05) is 5.69 Å². The predicted octanol–water partition coefficient (Wildman–Crippen LogP) is 2.33. The monoisotopic (exact) mass is 291 g/mol. The third-order valence-electron chi connectivity index (χ3n) is 2.85. The van der Waals surface area contributed by atoms with Gasteiger partial charge in [0.2, 0.25) is 0 Å². The number of halogens is 3. The largest absolute Gasteiger partial charge is 0.399 e. The Morgan fingerprint density at radius 1 is 0.952 bits per heavy atom. The van der Waals surface area contributed by atoms with Gasteiger partial charge in [-0.15, -0.1) is 5.10 Å². The predicted molar refractivity (Wildman–Crippen MR) is 68.9 cm³/mol. The number of nitrogens with zero attached hydrogens (tertiary/aromatic N) is 4. The molecule has 3 rings (SSSR count). The van der Waals surface area contributed by atoms with Gasteiger partial charge in [-0.2, -0.15) is 4.68 Å². The number of rotatable bonds is 2. The first-order valence-corrected chi connectivity index (χ1v) is 5.86. The summed E-state index contributed by atoms with van der Waals surface area (Å²) in [6.45, 7) is 0. The van der Waals surface area contributed by atoms with Gasteiger partial charge in [-0.3, -0.25) is 0 Å². The van der Waals surface area contributed by atoms with E-state index in [9.17, 15) is 13.2 Å². The summed E-state index contributed by atoms with van der Waals surface area (Å²) in [6.07, 6.45) is 0. The highest BCUT2D eigenvalue weighted by molar-refractivity contribution is 5.61. The van der Waals surface area contributed by atoms with Crippen LogP contribution in [-0.4, -0.2) is 20.2 Å². The normalized spacial score (nSPS) is 10.8. The number of aromatic nitrogens is 4. The molecule has 0 aliphatic rings. The van der Waals surface area contributed by atoms with Gasteiger partial charge in [0.05, 0.1) is 5.56 Å². The number of nitrogens with two attached hydrogens (primary N) is 1. The van der Waals surface area contributed by atoms with Crippen LogP contribution in [0.4, 0.5) is 18.9 Å². The van der Waals surface area contributed by atoms with Crippen LogP contribution in [0.5, 0.6) is 0 Å². The summed E-state index contributed by atoms with van der Waals surface area (Å²) in [7, 11) is 0. The molecule has 0 saturated carbocycles. The van der Waals surface area contributed by atoms with Crippen molar-refractivity contribution in [3.8, 4) is 17.1 Å². The Labute approximate surface area is 116 Å². The second-order valence-electron chi connectivity index (χ2n) is 4.22. The molecule has 0 radical (unpaired) electrons. The quantitative estimate of drug-likeness (QED) is 0.736. The molecule has 0 atom stereocenters. The van der Waals surface area contributed by atoms with E-state index in [0.717, 1.165) is 22.9 Å². The lowest BCUT2D eigenvalue weighted by molar-refractivity contribution is 0.556. The van der Waals surface area contributed by atoms with Crippen LogP contribution in [0.2, 0.25) is 0 Å². The summed E-state index contributed by atoms with van der Waals surface area (Å²) in [5.74, 6) is -2.54. The zero-order valence-corrected chi connectivity index (χ0v) is 10.5. The standard InChI is InChI=1S/C13H8F3N5/c14-9-2-1-3-10(15)12(9)21-13(18-19-20-21)8-5-4-7(17)6-11(8)16/h1-6H,17H2. The highest BCUT2D eigenvalue weighted by Crippen LogP contribution is 2.26. The van der Waals surface area contributed by atoms with Gasteiger partial charge in [0.15, 0.2) is 17.5 Å². The van der Waals surface area contributed by atoms with Crippen molar-refractivity contribution in [3.63, 3.8) is 0 Å². The van der Waals surface area contributed by atoms with Crippen LogP contribution >= 0.6 is 0 Å². The maximum absolute atomic E-state index is 13.9. The zero-order chi connectivity index (χ0) is 15.0. The molecule has 106 valence electrons. The average molecular weight is 291 g/mol. The van der Waals surface area contributed by atoms with Gasteiger partial charge in [-0.05, 0) is 40.8 Å². The van der Waals surface area contributed by atoms with Crippen molar-refractivity contribution in [1.82, 2.24) is 20.2 Å². The number of tetrazole rings is 1. The van der Waals surface area contributed by atoms with E-state index in [1.165, 1.54) is 18.2 Å². The van der Waals surface area contributed by atoms with Crippen LogP contribution in [0, 0.1) is 17.5 Å². The van der Waals surface area contributed by atoms with Gasteiger partial charge in [0.25, 0.3) is 0 Å². The Hall–Kier alpha value is -2.90. The van der Waals surface area contributed by atoms with Crippen LogP contribution in [0.25, 0.3) is 17.1 Å². The molecule has 0 spiro atoms. The summed E-state index contributed by atoms with van der Waals surface area (Å²) in [5, 5.41) is 10.5. The molecule has 0 bridgehead atoms. The fourth-order valence-corrected chi connectivity index (χ4v) is 1.91.